The molecule has 1 rings (SSSR count). The van der Waals surface area contributed by atoms with E-state index >= 15 is 0 Å². The quantitative estimate of drug-likeness (QED) is 0.736. The van der Waals surface area contributed by atoms with Crippen molar-refractivity contribution in [3.63, 3.8) is 0 Å². The molecule has 0 aromatic carbocycles. The normalized spacial score (nSPS) is 32.2. The van der Waals surface area contributed by atoms with Gasteiger partial charge in [-0.3, -0.25) is 0 Å². The molecule has 0 amide bonds. The van der Waals surface area contributed by atoms with Crippen LogP contribution in [-0.2, 0) is 0 Å². The molecule has 2 nitrogen and oxygen atoms in total. The molecular formula is C13H27NO. The molecule has 2 N–H and O–H groups in total. The van der Waals surface area contributed by atoms with Crippen molar-refractivity contribution in [1.29, 1.82) is 0 Å². The Bertz CT molecular complexity index is 171. The van der Waals surface area contributed by atoms with Gasteiger partial charge in [-0.05, 0) is 31.6 Å². The first kappa shape index (κ1) is 13.0. The fraction of sp³-hybridized carbons (Fsp3) is 1.00. The third-order valence-corrected chi connectivity index (χ3v) is 3.66. The van der Waals surface area contributed by atoms with E-state index in [1.807, 2.05) is 0 Å². The van der Waals surface area contributed by atoms with Crippen molar-refractivity contribution in [2.75, 3.05) is 6.61 Å². The molecule has 0 aliphatic heterocycles. The first-order chi connectivity index (χ1) is 7.12. The molecule has 0 unspecified atom stereocenters. The molecule has 0 heterocycles. The van der Waals surface area contributed by atoms with E-state index < -0.39 is 0 Å². The standard InChI is InChI=1S/C13H27NO/c1-4-5-12-6-8-13(10-15,9-7-12)14-11(2)3/h11-12,14-15H,4-10H2,1-3H3. The predicted molar refractivity (Wildman–Crippen MR) is 65.0 cm³/mol. The fourth-order valence-electron chi connectivity index (χ4n) is 2.89. The number of nitrogens with one attached hydrogen (secondary N) is 1. The lowest BCUT2D eigenvalue weighted by Crippen LogP contribution is -2.53. The lowest BCUT2D eigenvalue weighted by Gasteiger charge is -2.41. The highest BCUT2D eigenvalue weighted by Gasteiger charge is 2.34. The van der Waals surface area contributed by atoms with Crippen molar-refractivity contribution in [2.24, 2.45) is 5.92 Å². The number of hydrogen-bond acceptors (Lipinski definition) is 2. The maximum atomic E-state index is 9.54. The van der Waals surface area contributed by atoms with E-state index in [2.05, 4.69) is 26.1 Å². The zero-order chi connectivity index (χ0) is 11.3. The van der Waals surface area contributed by atoms with Gasteiger partial charge < -0.3 is 10.4 Å². The summed E-state index contributed by atoms with van der Waals surface area (Å²) in [7, 11) is 0. The van der Waals surface area contributed by atoms with Crippen LogP contribution in [0.5, 0.6) is 0 Å². The Kier molecular flexibility index (Phi) is 5.07. The highest BCUT2D eigenvalue weighted by molar-refractivity contribution is 4.93. The number of aliphatic hydroxyl groups is 1. The SMILES string of the molecule is CCCC1CCC(CO)(NC(C)C)CC1. The van der Waals surface area contributed by atoms with Gasteiger partial charge in [0.1, 0.15) is 0 Å². The van der Waals surface area contributed by atoms with Gasteiger partial charge in [0.15, 0.2) is 0 Å². The van der Waals surface area contributed by atoms with E-state index in [0.29, 0.717) is 12.6 Å². The summed E-state index contributed by atoms with van der Waals surface area (Å²) in [4.78, 5) is 0. The molecule has 15 heavy (non-hydrogen) atoms. The average Bonchev–Trinajstić information content (AvgIpc) is 2.21. The molecule has 2 heteroatoms. The van der Waals surface area contributed by atoms with Crippen LogP contribution in [0.4, 0.5) is 0 Å². The van der Waals surface area contributed by atoms with Crippen LogP contribution in [0.15, 0.2) is 0 Å². The lowest BCUT2D eigenvalue weighted by atomic mass is 9.75. The smallest absolute Gasteiger partial charge is 0.0613 e. The molecular weight excluding hydrogens is 186 g/mol. The first-order valence-electron chi connectivity index (χ1n) is 6.50. The summed E-state index contributed by atoms with van der Waals surface area (Å²) in [5, 5.41) is 13.1. The Morgan fingerprint density at radius 1 is 1.33 bits per heavy atom. The van der Waals surface area contributed by atoms with Crippen LogP contribution in [0.3, 0.4) is 0 Å². The van der Waals surface area contributed by atoms with Crippen molar-refractivity contribution in [2.45, 2.75) is 70.9 Å². The molecule has 0 saturated heterocycles. The Labute approximate surface area is 94.5 Å². The van der Waals surface area contributed by atoms with Crippen LogP contribution in [0.2, 0.25) is 0 Å². The minimum absolute atomic E-state index is 0.0262. The van der Waals surface area contributed by atoms with E-state index in [4.69, 9.17) is 0 Å². The maximum Gasteiger partial charge on any atom is 0.0613 e. The van der Waals surface area contributed by atoms with Crippen LogP contribution in [-0.4, -0.2) is 23.3 Å². The van der Waals surface area contributed by atoms with Gasteiger partial charge >= 0.3 is 0 Å². The molecule has 0 spiro atoms. The Morgan fingerprint density at radius 2 is 1.93 bits per heavy atom. The van der Waals surface area contributed by atoms with E-state index in [1.54, 1.807) is 0 Å². The second kappa shape index (κ2) is 5.86. The summed E-state index contributed by atoms with van der Waals surface area (Å²) in [5.41, 5.74) is 0.0262. The number of aliphatic hydroxyl groups excluding tert-OH is 1. The monoisotopic (exact) mass is 213 g/mol. The highest BCUT2D eigenvalue weighted by Crippen LogP contribution is 2.34. The van der Waals surface area contributed by atoms with Crippen LogP contribution < -0.4 is 5.32 Å². The highest BCUT2D eigenvalue weighted by atomic mass is 16.3. The van der Waals surface area contributed by atoms with Crippen LogP contribution in [0.25, 0.3) is 0 Å². The van der Waals surface area contributed by atoms with Crippen LogP contribution in [0, 0.1) is 5.92 Å². The molecule has 0 bridgehead atoms. The van der Waals surface area contributed by atoms with E-state index in [9.17, 15) is 5.11 Å². The molecule has 0 aromatic rings. The van der Waals surface area contributed by atoms with Gasteiger partial charge in [0.05, 0.1) is 6.61 Å². The molecule has 0 aromatic heterocycles. The van der Waals surface area contributed by atoms with Gasteiger partial charge in [-0.15, -0.1) is 0 Å². The van der Waals surface area contributed by atoms with Crippen molar-refractivity contribution >= 4 is 0 Å². The Morgan fingerprint density at radius 3 is 2.33 bits per heavy atom. The van der Waals surface area contributed by atoms with Crippen molar-refractivity contribution in [1.82, 2.24) is 5.32 Å². The molecule has 90 valence electrons. The Balaban J connectivity index is 2.43. The predicted octanol–water partition coefficient (Wildman–Crippen LogP) is 2.71. The van der Waals surface area contributed by atoms with Gasteiger partial charge in [0, 0.05) is 11.6 Å². The molecule has 1 saturated carbocycles. The summed E-state index contributed by atoms with van der Waals surface area (Å²) in [6.45, 7) is 6.88. The fourth-order valence-corrected chi connectivity index (χ4v) is 2.89. The zero-order valence-corrected chi connectivity index (χ0v) is 10.6. The number of rotatable bonds is 5. The van der Waals surface area contributed by atoms with Gasteiger partial charge in [-0.25, -0.2) is 0 Å². The van der Waals surface area contributed by atoms with E-state index in [0.717, 1.165) is 18.8 Å². The van der Waals surface area contributed by atoms with Crippen LogP contribution in [0.1, 0.15) is 59.3 Å². The lowest BCUT2D eigenvalue weighted by molar-refractivity contribution is 0.0928. The second-order valence-corrected chi connectivity index (χ2v) is 5.47. The Hall–Kier alpha value is -0.0800. The van der Waals surface area contributed by atoms with Crippen molar-refractivity contribution in [3.05, 3.63) is 0 Å². The second-order valence-electron chi connectivity index (χ2n) is 5.47. The van der Waals surface area contributed by atoms with Gasteiger partial charge in [0.25, 0.3) is 0 Å². The van der Waals surface area contributed by atoms with Gasteiger partial charge in [0.2, 0.25) is 0 Å². The average molecular weight is 213 g/mol. The summed E-state index contributed by atoms with van der Waals surface area (Å²) >= 11 is 0. The number of hydrogen-bond donors (Lipinski definition) is 2. The van der Waals surface area contributed by atoms with E-state index in [1.165, 1.54) is 25.7 Å². The third kappa shape index (κ3) is 3.76. The topological polar surface area (TPSA) is 32.3 Å². The summed E-state index contributed by atoms with van der Waals surface area (Å²) < 4.78 is 0. The van der Waals surface area contributed by atoms with Crippen molar-refractivity contribution < 1.29 is 5.11 Å². The van der Waals surface area contributed by atoms with E-state index in [-0.39, 0.29) is 5.54 Å². The van der Waals surface area contributed by atoms with Crippen molar-refractivity contribution in [3.8, 4) is 0 Å². The van der Waals surface area contributed by atoms with Gasteiger partial charge in [-0.1, -0.05) is 33.6 Å². The minimum atomic E-state index is 0.0262. The van der Waals surface area contributed by atoms with Crippen LogP contribution >= 0.6 is 0 Å². The third-order valence-electron chi connectivity index (χ3n) is 3.66. The first-order valence-corrected chi connectivity index (χ1v) is 6.50. The molecule has 1 fully saturated rings. The summed E-state index contributed by atoms with van der Waals surface area (Å²) in [6, 6.07) is 0.472. The maximum absolute atomic E-state index is 9.54. The minimum Gasteiger partial charge on any atom is -0.394 e. The molecule has 1 aliphatic rings. The van der Waals surface area contributed by atoms with Gasteiger partial charge in [-0.2, -0.15) is 0 Å². The largest absolute Gasteiger partial charge is 0.394 e. The summed E-state index contributed by atoms with van der Waals surface area (Å²) in [6.07, 6.45) is 7.53. The summed E-state index contributed by atoms with van der Waals surface area (Å²) in [5.74, 6) is 0.906. The molecule has 0 atom stereocenters. The molecule has 0 radical (unpaired) electrons. The zero-order valence-electron chi connectivity index (χ0n) is 10.6. The molecule has 1 aliphatic carbocycles.